The van der Waals surface area contributed by atoms with Gasteiger partial charge in [-0.05, 0) is 37.3 Å². The first-order chi connectivity index (χ1) is 12.9. The van der Waals surface area contributed by atoms with Gasteiger partial charge in [-0.25, -0.2) is 18.7 Å². The Morgan fingerprint density at radius 1 is 1.19 bits per heavy atom. The number of aryl methyl sites for hydroxylation is 1. The quantitative estimate of drug-likeness (QED) is 0.540. The zero-order valence-electron chi connectivity index (χ0n) is 14.6. The van der Waals surface area contributed by atoms with Crippen LogP contribution in [0.3, 0.4) is 0 Å². The van der Waals surface area contributed by atoms with Crippen LogP contribution in [-0.4, -0.2) is 25.4 Å². The van der Waals surface area contributed by atoms with Crippen LogP contribution in [0.4, 0.5) is 8.78 Å². The fourth-order valence-corrected chi connectivity index (χ4v) is 4.79. The molecule has 0 radical (unpaired) electrons. The van der Waals surface area contributed by atoms with Crippen LogP contribution in [0.25, 0.3) is 27.1 Å². The van der Waals surface area contributed by atoms with E-state index < -0.39 is 12.0 Å². The summed E-state index contributed by atoms with van der Waals surface area (Å²) in [4.78, 5) is 10.6. The van der Waals surface area contributed by atoms with Crippen LogP contribution in [0.1, 0.15) is 29.5 Å². The van der Waals surface area contributed by atoms with Gasteiger partial charge in [-0.2, -0.15) is 0 Å². The van der Waals surface area contributed by atoms with Gasteiger partial charge in [0.1, 0.15) is 10.5 Å². The van der Waals surface area contributed by atoms with Crippen molar-refractivity contribution in [2.75, 3.05) is 0 Å². The smallest absolute Gasteiger partial charge is 0.248 e. The predicted octanol–water partition coefficient (Wildman–Crippen LogP) is 5.00. The molecule has 1 saturated carbocycles. The first-order valence-corrected chi connectivity index (χ1v) is 9.62. The summed E-state index contributed by atoms with van der Waals surface area (Å²) in [6, 6.07) is 9.70. The minimum Gasteiger partial charge on any atom is -0.387 e. The molecule has 0 aliphatic heterocycles. The lowest BCUT2D eigenvalue weighted by molar-refractivity contribution is -0.141. The maximum absolute atomic E-state index is 13.1. The van der Waals surface area contributed by atoms with E-state index in [4.69, 9.17) is 4.98 Å². The highest BCUT2D eigenvalue weighted by Gasteiger charge is 2.48. The van der Waals surface area contributed by atoms with Crippen LogP contribution in [0.5, 0.6) is 0 Å². The minimum atomic E-state index is -2.63. The van der Waals surface area contributed by atoms with Crippen molar-refractivity contribution in [3.05, 3.63) is 53.3 Å². The Balaban J connectivity index is 1.47. The molecular weight excluding hydrogens is 368 g/mol. The molecule has 1 N–H and O–H groups in total. The molecule has 7 heteroatoms. The van der Waals surface area contributed by atoms with Crippen LogP contribution in [0.15, 0.2) is 42.7 Å². The van der Waals surface area contributed by atoms with Gasteiger partial charge in [0.05, 0.1) is 17.5 Å². The van der Waals surface area contributed by atoms with E-state index in [1.807, 2.05) is 54.0 Å². The molecule has 0 spiro atoms. The summed E-state index contributed by atoms with van der Waals surface area (Å²) in [5.41, 5.74) is 3.63. The van der Waals surface area contributed by atoms with Gasteiger partial charge in [0, 0.05) is 47.0 Å². The second-order valence-electron chi connectivity index (χ2n) is 7.27. The molecule has 138 valence electrons. The number of hydrogen-bond donors (Lipinski definition) is 1. The molecule has 4 aromatic rings. The average molecular weight is 385 g/mol. The first-order valence-electron chi connectivity index (χ1n) is 8.80. The number of rotatable bonds is 3. The zero-order chi connectivity index (χ0) is 18.8. The lowest BCUT2D eigenvalue weighted by atomic mass is 9.77. The summed E-state index contributed by atoms with van der Waals surface area (Å²) >= 11 is 1.37. The van der Waals surface area contributed by atoms with Gasteiger partial charge in [-0.3, -0.25) is 0 Å². The van der Waals surface area contributed by atoms with Crippen LogP contribution in [0, 0.1) is 12.8 Å². The third-order valence-electron chi connectivity index (χ3n) is 5.13. The van der Waals surface area contributed by atoms with Crippen molar-refractivity contribution in [3.63, 3.8) is 0 Å². The molecule has 4 heterocycles. The summed E-state index contributed by atoms with van der Waals surface area (Å²) in [7, 11) is 0. The Hall–Kier alpha value is -2.38. The van der Waals surface area contributed by atoms with Crippen LogP contribution < -0.4 is 0 Å². The van der Waals surface area contributed by atoms with Crippen LogP contribution >= 0.6 is 11.3 Å². The Kier molecular flexibility index (Phi) is 3.61. The lowest BCUT2D eigenvalue weighted by Crippen LogP contribution is -2.38. The molecule has 27 heavy (non-hydrogen) atoms. The molecule has 0 unspecified atom stereocenters. The highest BCUT2D eigenvalue weighted by molar-refractivity contribution is 7.18. The van der Waals surface area contributed by atoms with Gasteiger partial charge in [-0.1, -0.05) is 0 Å². The van der Waals surface area contributed by atoms with Gasteiger partial charge in [0.25, 0.3) is 0 Å². The number of hydrogen-bond acceptors (Lipinski definition) is 4. The molecule has 1 aliphatic carbocycles. The highest BCUT2D eigenvalue weighted by atomic mass is 32.1. The number of pyridine rings is 2. The standard InChI is InChI=1S/C20H17F2N3OS/c1-11-9-25-10-13(3-5-17(25)23-11)15-4-2-12-6-16(27-19(12)24-15)18(26)14-7-20(21,22)8-14/h2-6,9-10,14,18,26H,7-8H2,1H3/t18-/m1/s1. The number of halogens is 2. The van der Waals surface area contributed by atoms with E-state index in [0.29, 0.717) is 4.88 Å². The Morgan fingerprint density at radius 3 is 2.78 bits per heavy atom. The molecular formula is C20H17F2N3OS. The Labute approximate surface area is 158 Å². The van der Waals surface area contributed by atoms with E-state index in [9.17, 15) is 13.9 Å². The van der Waals surface area contributed by atoms with Crippen molar-refractivity contribution >= 4 is 27.2 Å². The summed E-state index contributed by atoms with van der Waals surface area (Å²) in [5, 5.41) is 11.3. The maximum Gasteiger partial charge on any atom is 0.248 e. The predicted molar refractivity (Wildman–Crippen MR) is 101 cm³/mol. The molecule has 1 fully saturated rings. The topological polar surface area (TPSA) is 50.4 Å². The maximum atomic E-state index is 13.1. The van der Waals surface area contributed by atoms with Crippen molar-refractivity contribution in [1.82, 2.24) is 14.4 Å². The van der Waals surface area contributed by atoms with Crippen molar-refractivity contribution in [2.24, 2.45) is 5.92 Å². The van der Waals surface area contributed by atoms with E-state index in [2.05, 4.69) is 4.98 Å². The van der Waals surface area contributed by atoms with Crippen molar-refractivity contribution in [2.45, 2.75) is 31.8 Å². The normalized spacial score (nSPS) is 18.1. The molecule has 5 rings (SSSR count). The lowest BCUT2D eigenvalue weighted by Gasteiger charge is -2.37. The van der Waals surface area contributed by atoms with E-state index in [0.717, 1.165) is 32.8 Å². The third-order valence-corrected chi connectivity index (χ3v) is 6.24. The SMILES string of the molecule is Cc1cn2cc(-c3ccc4cc([C@H](O)C5CC(F)(F)C5)sc4n3)ccc2n1. The largest absolute Gasteiger partial charge is 0.387 e. The van der Waals surface area contributed by atoms with Crippen LogP contribution in [-0.2, 0) is 0 Å². The second kappa shape index (κ2) is 5.81. The first kappa shape index (κ1) is 16.8. The number of imidazole rings is 1. The molecule has 0 aromatic carbocycles. The Bertz CT molecular complexity index is 1160. The van der Waals surface area contributed by atoms with Crippen molar-refractivity contribution in [1.29, 1.82) is 0 Å². The molecule has 1 atom stereocenters. The van der Waals surface area contributed by atoms with E-state index in [1.54, 1.807) is 0 Å². The fraction of sp³-hybridized carbons (Fsp3) is 0.300. The van der Waals surface area contributed by atoms with Crippen molar-refractivity contribution in [3.8, 4) is 11.3 Å². The number of alkyl halides is 2. The number of thiophene rings is 1. The second-order valence-corrected chi connectivity index (χ2v) is 8.34. The Morgan fingerprint density at radius 2 is 2.00 bits per heavy atom. The number of aliphatic hydroxyl groups excluding tert-OH is 1. The summed E-state index contributed by atoms with van der Waals surface area (Å²) < 4.78 is 28.2. The monoisotopic (exact) mass is 385 g/mol. The number of nitrogens with zero attached hydrogens (tertiary/aromatic N) is 3. The van der Waals surface area contributed by atoms with Crippen LogP contribution in [0.2, 0.25) is 0 Å². The summed E-state index contributed by atoms with van der Waals surface area (Å²) in [6.07, 6.45) is 2.61. The minimum absolute atomic E-state index is 0.245. The van der Waals surface area contributed by atoms with E-state index >= 15 is 0 Å². The number of fused-ring (bicyclic) bond motifs is 2. The van der Waals surface area contributed by atoms with Crippen molar-refractivity contribution < 1.29 is 13.9 Å². The zero-order valence-corrected chi connectivity index (χ0v) is 15.4. The highest BCUT2D eigenvalue weighted by Crippen LogP contribution is 2.49. The van der Waals surface area contributed by atoms with Gasteiger partial charge in [-0.15, -0.1) is 11.3 Å². The molecule has 4 nitrogen and oxygen atoms in total. The van der Waals surface area contributed by atoms with Gasteiger partial charge >= 0.3 is 0 Å². The molecule has 0 bridgehead atoms. The molecule has 0 amide bonds. The van der Waals surface area contributed by atoms with Gasteiger partial charge in [0.15, 0.2) is 0 Å². The summed E-state index contributed by atoms with van der Waals surface area (Å²) in [5.74, 6) is -3.00. The molecule has 1 aliphatic rings. The van der Waals surface area contributed by atoms with E-state index in [1.165, 1.54) is 11.3 Å². The molecule has 4 aromatic heterocycles. The van der Waals surface area contributed by atoms with Gasteiger partial charge < -0.3 is 9.51 Å². The summed E-state index contributed by atoms with van der Waals surface area (Å²) in [6.45, 7) is 1.95. The van der Waals surface area contributed by atoms with Gasteiger partial charge in [0.2, 0.25) is 5.92 Å². The number of aliphatic hydroxyl groups is 1. The number of aromatic nitrogens is 3. The average Bonchev–Trinajstić information content (AvgIpc) is 3.19. The van der Waals surface area contributed by atoms with E-state index in [-0.39, 0.29) is 18.8 Å². The third kappa shape index (κ3) is 2.91. The fourth-order valence-electron chi connectivity index (χ4n) is 3.68. The molecule has 0 saturated heterocycles.